The Morgan fingerprint density at radius 2 is 1.89 bits per heavy atom. The van der Waals surface area contributed by atoms with E-state index in [0.717, 1.165) is 36.4 Å². The van der Waals surface area contributed by atoms with E-state index in [1.807, 2.05) is 13.0 Å². The Kier molecular flexibility index (Phi) is 4.22. The van der Waals surface area contributed by atoms with E-state index in [0.29, 0.717) is 5.92 Å². The normalized spacial score (nSPS) is 13.6. The molecule has 0 spiro atoms. The molecule has 1 saturated carbocycles. The lowest BCUT2D eigenvalue weighted by Crippen LogP contribution is -2.14. The van der Waals surface area contributed by atoms with Crippen molar-refractivity contribution in [2.24, 2.45) is 0 Å². The average Bonchev–Trinajstić information content (AvgIpc) is 3.41. The van der Waals surface area contributed by atoms with Crippen LogP contribution >= 0.6 is 0 Å². The fourth-order valence-corrected chi connectivity index (χ4v) is 3.00. The minimum Gasteiger partial charge on any atom is -0.319 e. The fraction of sp³-hybridized carbons (Fsp3) is 0.200. The smallest absolute Gasteiger partial charge is 0.255 e. The van der Waals surface area contributed by atoms with E-state index in [2.05, 4.69) is 10.4 Å². The first-order valence-electron chi connectivity index (χ1n) is 8.56. The van der Waals surface area contributed by atoms with Crippen LogP contribution in [0.15, 0.2) is 42.5 Å². The van der Waals surface area contributed by atoms with Crippen LogP contribution in [-0.4, -0.2) is 15.7 Å². The number of aromatic nitrogens is 2. The van der Waals surface area contributed by atoms with Crippen molar-refractivity contribution in [2.75, 3.05) is 5.32 Å². The van der Waals surface area contributed by atoms with Gasteiger partial charge in [-0.25, -0.2) is 17.9 Å². The van der Waals surface area contributed by atoms with Gasteiger partial charge in [0.1, 0.15) is 11.5 Å². The molecule has 2 aromatic carbocycles. The summed E-state index contributed by atoms with van der Waals surface area (Å²) in [5.41, 5.74) is 1.68. The Hall–Kier alpha value is -3.09. The van der Waals surface area contributed by atoms with Gasteiger partial charge >= 0.3 is 0 Å². The monoisotopic (exact) mass is 371 g/mol. The number of amides is 1. The van der Waals surface area contributed by atoms with Crippen LogP contribution in [0.4, 0.5) is 18.9 Å². The summed E-state index contributed by atoms with van der Waals surface area (Å²) < 4.78 is 43.2. The highest BCUT2D eigenvalue weighted by Gasteiger charge is 2.29. The summed E-state index contributed by atoms with van der Waals surface area (Å²) in [5.74, 6) is -3.21. The lowest BCUT2D eigenvalue weighted by molar-refractivity contribution is 0.102. The SMILES string of the molecule is Cc1cc(C2CC2)n(-c2ccc(C(=O)Nc3cccc(F)c3F)cc2F)n1. The number of nitrogens with one attached hydrogen (secondary N) is 1. The quantitative estimate of drug-likeness (QED) is 0.721. The van der Waals surface area contributed by atoms with Crippen molar-refractivity contribution in [3.63, 3.8) is 0 Å². The van der Waals surface area contributed by atoms with Gasteiger partial charge in [-0.05, 0) is 56.2 Å². The first-order chi connectivity index (χ1) is 12.9. The maximum absolute atomic E-state index is 14.7. The van der Waals surface area contributed by atoms with E-state index in [-0.39, 0.29) is 16.9 Å². The summed E-state index contributed by atoms with van der Waals surface area (Å²) in [4.78, 5) is 12.3. The van der Waals surface area contributed by atoms with Gasteiger partial charge in [0.25, 0.3) is 5.91 Å². The van der Waals surface area contributed by atoms with Crippen molar-refractivity contribution in [2.45, 2.75) is 25.7 Å². The third-order valence-corrected chi connectivity index (χ3v) is 4.49. The van der Waals surface area contributed by atoms with Crippen LogP contribution in [0.1, 0.15) is 40.5 Å². The molecule has 0 aliphatic heterocycles. The molecule has 1 aliphatic carbocycles. The van der Waals surface area contributed by atoms with Crippen molar-refractivity contribution >= 4 is 11.6 Å². The van der Waals surface area contributed by atoms with Crippen LogP contribution < -0.4 is 5.32 Å². The number of aryl methyl sites for hydroxylation is 1. The Balaban J connectivity index is 1.62. The minimum atomic E-state index is -1.16. The Morgan fingerprint density at radius 3 is 2.59 bits per heavy atom. The van der Waals surface area contributed by atoms with Gasteiger partial charge in [-0.1, -0.05) is 6.07 Å². The van der Waals surface area contributed by atoms with Crippen LogP contribution in [0.3, 0.4) is 0 Å². The Morgan fingerprint density at radius 1 is 1.11 bits per heavy atom. The molecule has 1 N–H and O–H groups in total. The van der Waals surface area contributed by atoms with Crippen molar-refractivity contribution in [3.05, 3.63) is 76.9 Å². The van der Waals surface area contributed by atoms with Gasteiger partial charge in [-0.2, -0.15) is 5.10 Å². The molecule has 1 heterocycles. The number of hydrogen-bond donors (Lipinski definition) is 1. The van der Waals surface area contributed by atoms with Gasteiger partial charge in [0.05, 0.1) is 11.4 Å². The third kappa shape index (κ3) is 3.32. The molecule has 0 radical (unpaired) electrons. The second-order valence-corrected chi connectivity index (χ2v) is 6.62. The molecule has 7 heteroatoms. The zero-order valence-corrected chi connectivity index (χ0v) is 14.5. The van der Waals surface area contributed by atoms with Crippen LogP contribution in [0.5, 0.6) is 0 Å². The van der Waals surface area contributed by atoms with E-state index in [1.165, 1.54) is 24.3 Å². The number of halogens is 3. The number of rotatable bonds is 4. The summed E-state index contributed by atoms with van der Waals surface area (Å²) >= 11 is 0. The number of nitrogens with zero attached hydrogens (tertiary/aromatic N) is 2. The van der Waals surface area contributed by atoms with Crippen molar-refractivity contribution in [1.29, 1.82) is 0 Å². The molecule has 0 saturated heterocycles. The van der Waals surface area contributed by atoms with Gasteiger partial charge in [-0.3, -0.25) is 4.79 Å². The maximum Gasteiger partial charge on any atom is 0.255 e. The molecule has 3 aromatic rings. The predicted molar refractivity (Wildman–Crippen MR) is 94.5 cm³/mol. The van der Waals surface area contributed by atoms with Crippen LogP contribution in [0, 0.1) is 24.4 Å². The average molecular weight is 371 g/mol. The highest BCUT2D eigenvalue weighted by atomic mass is 19.2. The first-order valence-corrected chi connectivity index (χ1v) is 8.56. The summed E-state index contributed by atoms with van der Waals surface area (Å²) in [5, 5.41) is 6.61. The Labute approximate surface area is 153 Å². The molecule has 138 valence electrons. The number of benzene rings is 2. The fourth-order valence-electron chi connectivity index (χ4n) is 3.00. The largest absolute Gasteiger partial charge is 0.319 e. The molecule has 1 aromatic heterocycles. The van der Waals surface area contributed by atoms with Gasteiger partial charge in [0, 0.05) is 17.2 Å². The molecule has 0 bridgehead atoms. The van der Waals surface area contributed by atoms with Crippen molar-refractivity contribution < 1.29 is 18.0 Å². The second-order valence-electron chi connectivity index (χ2n) is 6.62. The maximum atomic E-state index is 14.7. The molecule has 1 fully saturated rings. The lowest BCUT2D eigenvalue weighted by Gasteiger charge is -2.10. The molecular weight excluding hydrogens is 355 g/mol. The van der Waals surface area contributed by atoms with Crippen LogP contribution in [-0.2, 0) is 0 Å². The van der Waals surface area contributed by atoms with Gasteiger partial charge in [-0.15, -0.1) is 0 Å². The number of anilines is 1. The zero-order valence-electron chi connectivity index (χ0n) is 14.5. The minimum absolute atomic E-state index is 0.00300. The van der Waals surface area contributed by atoms with E-state index < -0.39 is 23.4 Å². The summed E-state index contributed by atoms with van der Waals surface area (Å²) in [6.07, 6.45) is 2.10. The third-order valence-electron chi connectivity index (χ3n) is 4.49. The number of carbonyl (C=O) groups is 1. The van der Waals surface area contributed by atoms with Gasteiger partial charge in [0.15, 0.2) is 11.6 Å². The molecule has 4 rings (SSSR count). The van der Waals surface area contributed by atoms with Crippen molar-refractivity contribution in [3.8, 4) is 5.69 Å². The lowest BCUT2D eigenvalue weighted by atomic mass is 10.1. The van der Waals surface area contributed by atoms with E-state index in [9.17, 15) is 18.0 Å². The molecule has 1 amide bonds. The highest BCUT2D eigenvalue weighted by molar-refractivity contribution is 6.04. The molecular formula is C20H16F3N3O. The summed E-state index contributed by atoms with van der Waals surface area (Å²) in [6, 6.07) is 9.35. The molecule has 1 aliphatic rings. The number of carbonyl (C=O) groups excluding carboxylic acids is 1. The van der Waals surface area contributed by atoms with Gasteiger partial charge < -0.3 is 5.32 Å². The molecule has 0 unspecified atom stereocenters. The van der Waals surface area contributed by atoms with Crippen LogP contribution in [0.2, 0.25) is 0 Å². The molecule has 4 nitrogen and oxygen atoms in total. The molecule has 27 heavy (non-hydrogen) atoms. The highest BCUT2D eigenvalue weighted by Crippen LogP contribution is 2.41. The van der Waals surface area contributed by atoms with Crippen LogP contribution in [0.25, 0.3) is 5.69 Å². The van der Waals surface area contributed by atoms with E-state index in [1.54, 1.807) is 4.68 Å². The van der Waals surface area contributed by atoms with Crippen molar-refractivity contribution in [1.82, 2.24) is 9.78 Å². The first kappa shape index (κ1) is 17.3. The van der Waals surface area contributed by atoms with E-state index in [4.69, 9.17) is 0 Å². The van der Waals surface area contributed by atoms with E-state index >= 15 is 0 Å². The molecule has 0 atom stereocenters. The summed E-state index contributed by atoms with van der Waals surface area (Å²) in [7, 11) is 0. The Bertz CT molecular complexity index is 1040. The number of hydrogen-bond acceptors (Lipinski definition) is 2. The van der Waals surface area contributed by atoms with Gasteiger partial charge in [0.2, 0.25) is 0 Å². The standard InChI is InChI=1S/C20H16F3N3O/c1-11-9-18(12-5-6-12)26(25-11)17-8-7-13(10-15(17)22)20(27)24-16-4-2-3-14(21)19(16)23/h2-4,7-10,12H,5-6H2,1H3,(H,24,27). The topological polar surface area (TPSA) is 46.9 Å². The summed E-state index contributed by atoms with van der Waals surface area (Å²) in [6.45, 7) is 1.84. The predicted octanol–water partition coefficient (Wildman–Crippen LogP) is 4.73. The zero-order chi connectivity index (χ0) is 19.1. The second kappa shape index (κ2) is 6.57.